The van der Waals surface area contributed by atoms with Crippen molar-refractivity contribution in [3.63, 3.8) is 0 Å². The van der Waals surface area contributed by atoms with E-state index in [4.69, 9.17) is 28.9 Å². The predicted molar refractivity (Wildman–Crippen MR) is 87.6 cm³/mol. The smallest absolute Gasteiger partial charge is 0.0595 e. The van der Waals surface area contributed by atoms with Crippen molar-refractivity contribution in [2.45, 2.75) is 25.2 Å². The lowest BCUT2D eigenvalue weighted by Crippen LogP contribution is -2.36. The second kappa shape index (κ2) is 6.62. The summed E-state index contributed by atoms with van der Waals surface area (Å²) >= 11 is 12.1. The molecule has 0 amide bonds. The van der Waals surface area contributed by atoms with Gasteiger partial charge in [0.25, 0.3) is 0 Å². The first-order chi connectivity index (χ1) is 9.61. The van der Waals surface area contributed by atoms with E-state index in [1.54, 1.807) is 0 Å². The van der Waals surface area contributed by atoms with Gasteiger partial charge in [0.05, 0.1) is 10.0 Å². The summed E-state index contributed by atoms with van der Waals surface area (Å²) in [7, 11) is 0. The fourth-order valence-corrected chi connectivity index (χ4v) is 2.92. The van der Waals surface area contributed by atoms with E-state index in [1.807, 2.05) is 24.3 Å². The Labute approximate surface area is 130 Å². The molecular weight excluding hydrogens is 289 g/mol. The van der Waals surface area contributed by atoms with E-state index in [-0.39, 0.29) is 5.41 Å². The van der Waals surface area contributed by atoms with E-state index in [1.165, 1.54) is 5.56 Å². The molecule has 2 aromatic carbocycles. The van der Waals surface area contributed by atoms with Crippen molar-refractivity contribution in [1.82, 2.24) is 0 Å². The van der Waals surface area contributed by atoms with Crippen molar-refractivity contribution in [3.8, 4) is 0 Å². The van der Waals surface area contributed by atoms with Gasteiger partial charge in [-0.1, -0.05) is 66.5 Å². The van der Waals surface area contributed by atoms with E-state index in [0.717, 1.165) is 18.4 Å². The summed E-state index contributed by atoms with van der Waals surface area (Å²) in [5.74, 6) is 0. The Hall–Kier alpha value is -1.02. The standard InChI is InChI=1S/C17H19Cl2N/c1-2-17(12-20,14-6-4-3-5-7-14)11-13-8-9-15(18)16(19)10-13/h3-10H,2,11-12,20H2,1H3. The van der Waals surface area contributed by atoms with Crippen LogP contribution in [0.2, 0.25) is 10.0 Å². The summed E-state index contributed by atoms with van der Waals surface area (Å²) in [6.07, 6.45) is 1.84. The summed E-state index contributed by atoms with van der Waals surface area (Å²) in [5.41, 5.74) is 8.49. The minimum atomic E-state index is -0.0571. The summed E-state index contributed by atoms with van der Waals surface area (Å²) in [6, 6.07) is 16.3. The van der Waals surface area contributed by atoms with E-state index in [2.05, 4.69) is 31.2 Å². The van der Waals surface area contributed by atoms with Gasteiger partial charge in [-0.15, -0.1) is 0 Å². The summed E-state index contributed by atoms with van der Waals surface area (Å²) in [6.45, 7) is 2.78. The molecule has 0 bridgehead atoms. The molecule has 2 aromatic rings. The molecule has 0 fully saturated rings. The Morgan fingerprint density at radius 3 is 2.25 bits per heavy atom. The highest BCUT2D eigenvalue weighted by molar-refractivity contribution is 6.42. The van der Waals surface area contributed by atoms with Crippen molar-refractivity contribution in [1.29, 1.82) is 0 Å². The van der Waals surface area contributed by atoms with E-state index in [9.17, 15) is 0 Å². The topological polar surface area (TPSA) is 26.0 Å². The molecule has 20 heavy (non-hydrogen) atoms. The number of benzene rings is 2. The first-order valence-electron chi connectivity index (χ1n) is 6.81. The molecule has 0 aliphatic carbocycles. The largest absolute Gasteiger partial charge is 0.330 e. The van der Waals surface area contributed by atoms with Crippen molar-refractivity contribution >= 4 is 23.2 Å². The maximum Gasteiger partial charge on any atom is 0.0595 e. The highest BCUT2D eigenvalue weighted by atomic mass is 35.5. The van der Waals surface area contributed by atoms with Gasteiger partial charge in [0.15, 0.2) is 0 Å². The third-order valence-corrected chi connectivity index (χ3v) is 4.72. The second-order valence-corrected chi connectivity index (χ2v) is 5.94. The van der Waals surface area contributed by atoms with E-state index in [0.29, 0.717) is 16.6 Å². The van der Waals surface area contributed by atoms with Crippen LogP contribution in [-0.2, 0) is 11.8 Å². The average Bonchev–Trinajstić information content (AvgIpc) is 2.49. The van der Waals surface area contributed by atoms with Gasteiger partial charge in [0.2, 0.25) is 0 Å². The zero-order chi connectivity index (χ0) is 14.6. The van der Waals surface area contributed by atoms with Gasteiger partial charge in [-0.25, -0.2) is 0 Å². The highest BCUT2D eigenvalue weighted by Crippen LogP contribution is 2.33. The number of rotatable bonds is 5. The van der Waals surface area contributed by atoms with Crippen LogP contribution in [0, 0.1) is 0 Å². The second-order valence-electron chi connectivity index (χ2n) is 5.13. The zero-order valence-electron chi connectivity index (χ0n) is 11.6. The Kier molecular flexibility index (Phi) is 5.09. The van der Waals surface area contributed by atoms with Crippen LogP contribution in [0.15, 0.2) is 48.5 Å². The summed E-state index contributed by atoms with van der Waals surface area (Å²) in [4.78, 5) is 0. The van der Waals surface area contributed by atoms with Gasteiger partial charge in [0, 0.05) is 12.0 Å². The minimum Gasteiger partial charge on any atom is -0.330 e. The van der Waals surface area contributed by atoms with Crippen LogP contribution in [0.25, 0.3) is 0 Å². The first-order valence-corrected chi connectivity index (χ1v) is 7.56. The van der Waals surface area contributed by atoms with Crippen LogP contribution in [0.4, 0.5) is 0 Å². The molecule has 0 radical (unpaired) electrons. The number of hydrogen-bond acceptors (Lipinski definition) is 1. The van der Waals surface area contributed by atoms with Gasteiger partial charge in [-0.05, 0) is 36.1 Å². The fourth-order valence-electron chi connectivity index (χ4n) is 2.60. The Morgan fingerprint density at radius 1 is 1.00 bits per heavy atom. The van der Waals surface area contributed by atoms with Crippen LogP contribution in [-0.4, -0.2) is 6.54 Å². The predicted octanol–water partition coefficient (Wildman–Crippen LogP) is 4.84. The van der Waals surface area contributed by atoms with Gasteiger partial charge >= 0.3 is 0 Å². The minimum absolute atomic E-state index is 0.0571. The lowest BCUT2D eigenvalue weighted by atomic mass is 9.73. The molecule has 0 aliphatic rings. The molecule has 3 heteroatoms. The Morgan fingerprint density at radius 2 is 1.70 bits per heavy atom. The Bertz CT molecular complexity index is 562. The van der Waals surface area contributed by atoms with Crippen molar-refractivity contribution in [2.75, 3.05) is 6.54 Å². The third-order valence-electron chi connectivity index (χ3n) is 3.98. The molecule has 0 saturated carbocycles. The molecule has 1 atom stereocenters. The van der Waals surface area contributed by atoms with Crippen LogP contribution >= 0.6 is 23.2 Å². The SMILES string of the molecule is CCC(CN)(Cc1ccc(Cl)c(Cl)c1)c1ccccc1. The maximum atomic E-state index is 6.11. The zero-order valence-corrected chi connectivity index (χ0v) is 13.1. The molecule has 2 rings (SSSR count). The number of hydrogen-bond donors (Lipinski definition) is 1. The van der Waals surface area contributed by atoms with Gasteiger partial charge in [0.1, 0.15) is 0 Å². The molecular formula is C17H19Cl2N. The quantitative estimate of drug-likeness (QED) is 0.840. The summed E-state index contributed by atoms with van der Waals surface area (Å²) in [5, 5.41) is 1.18. The van der Waals surface area contributed by atoms with Crippen LogP contribution in [0.5, 0.6) is 0 Å². The summed E-state index contributed by atoms with van der Waals surface area (Å²) < 4.78 is 0. The van der Waals surface area contributed by atoms with Crippen molar-refractivity contribution < 1.29 is 0 Å². The molecule has 1 nitrogen and oxygen atoms in total. The molecule has 0 aromatic heterocycles. The fraction of sp³-hybridized carbons (Fsp3) is 0.294. The molecule has 0 aliphatic heterocycles. The van der Waals surface area contributed by atoms with Gasteiger partial charge < -0.3 is 5.73 Å². The van der Waals surface area contributed by atoms with Crippen molar-refractivity contribution in [3.05, 3.63) is 69.7 Å². The Balaban J connectivity index is 2.36. The lowest BCUT2D eigenvalue weighted by Gasteiger charge is -2.32. The molecule has 2 N–H and O–H groups in total. The molecule has 0 heterocycles. The molecule has 0 spiro atoms. The monoisotopic (exact) mass is 307 g/mol. The molecule has 106 valence electrons. The number of halogens is 2. The van der Waals surface area contributed by atoms with Crippen LogP contribution in [0.3, 0.4) is 0 Å². The van der Waals surface area contributed by atoms with Gasteiger partial charge in [-0.2, -0.15) is 0 Å². The van der Waals surface area contributed by atoms with Crippen LogP contribution < -0.4 is 5.73 Å². The lowest BCUT2D eigenvalue weighted by molar-refractivity contribution is 0.418. The number of nitrogens with two attached hydrogens (primary N) is 1. The normalized spacial score (nSPS) is 14.0. The highest BCUT2D eigenvalue weighted by Gasteiger charge is 2.29. The van der Waals surface area contributed by atoms with Crippen LogP contribution in [0.1, 0.15) is 24.5 Å². The maximum absolute atomic E-state index is 6.11. The average molecular weight is 308 g/mol. The molecule has 0 saturated heterocycles. The molecule has 1 unspecified atom stereocenters. The van der Waals surface area contributed by atoms with Crippen molar-refractivity contribution in [2.24, 2.45) is 5.73 Å². The van der Waals surface area contributed by atoms with Gasteiger partial charge in [-0.3, -0.25) is 0 Å². The first kappa shape index (κ1) is 15.4. The third kappa shape index (κ3) is 3.17. The van der Waals surface area contributed by atoms with E-state index >= 15 is 0 Å². The van der Waals surface area contributed by atoms with E-state index < -0.39 is 0 Å².